The van der Waals surface area contributed by atoms with Crippen molar-refractivity contribution >= 4 is 109 Å². The molecule has 0 amide bonds. The van der Waals surface area contributed by atoms with Crippen molar-refractivity contribution in [2.24, 2.45) is 0 Å². The maximum atomic E-state index is 14.8. The van der Waals surface area contributed by atoms with Gasteiger partial charge < -0.3 is 15.0 Å². The Bertz CT molecular complexity index is 3890. The van der Waals surface area contributed by atoms with E-state index in [-0.39, 0.29) is 108 Å². The fraction of sp³-hybridized carbons (Fsp3) is 0.236. The van der Waals surface area contributed by atoms with E-state index in [2.05, 4.69) is 44.1 Å². The van der Waals surface area contributed by atoms with Gasteiger partial charge in [-0.3, -0.25) is 28.5 Å². The van der Waals surface area contributed by atoms with Crippen LogP contribution in [0, 0.1) is 23.3 Å². The number of fused-ring (bicyclic) bond motifs is 3. The van der Waals surface area contributed by atoms with Crippen LogP contribution in [0.15, 0.2) is 116 Å². The molecule has 18 nitrogen and oxygen atoms in total. The van der Waals surface area contributed by atoms with E-state index >= 15 is 0 Å². The molecule has 0 radical (unpaired) electrons. The van der Waals surface area contributed by atoms with Gasteiger partial charge in [0.15, 0.2) is 34.8 Å². The Morgan fingerprint density at radius 3 is 1.20 bits per heavy atom. The van der Waals surface area contributed by atoms with Crippen LogP contribution in [0.25, 0.3) is 33.1 Å². The molecule has 434 valence electrons. The lowest BCUT2D eigenvalue weighted by Crippen LogP contribution is -2.18. The highest BCUT2D eigenvalue weighted by Gasteiger charge is 2.25. The lowest BCUT2D eigenvalue weighted by Gasteiger charge is -2.10. The first-order valence-electron chi connectivity index (χ1n) is 23.3. The number of pyridine rings is 3. The van der Waals surface area contributed by atoms with Crippen molar-refractivity contribution in [1.29, 1.82) is 0 Å². The number of nitrogens with one attached hydrogen (secondary N) is 6. The summed E-state index contributed by atoms with van der Waals surface area (Å²) in [5.74, 6) is -5.75. The van der Waals surface area contributed by atoms with E-state index in [1.165, 1.54) is 79.4 Å². The summed E-state index contributed by atoms with van der Waals surface area (Å²) in [4.78, 5) is 58.6. The molecule has 0 atom stereocenters. The normalized spacial score (nSPS) is 11.1. The second-order valence-corrected chi connectivity index (χ2v) is 22.8. The number of carbonyl (C=O) groups is 3. The number of benzene rings is 3. The highest BCUT2D eigenvalue weighted by molar-refractivity contribution is 7.93. The minimum atomic E-state index is -3.71. The van der Waals surface area contributed by atoms with Gasteiger partial charge in [0.2, 0.25) is 30.1 Å². The van der Waals surface area contributed by atoms with Crippen LogP contribution in [0.5, 0.6) is 0 Å². The number of sulfonamides is 3. The van der Waals surface area contributed by atoms with Crippen LogP contribution < -0.4 is 14.2 Å². The van der Waals surface area contributed by atoms with Crippen molar-refractivity contribution in [2.45, 2.75) is 69.7 Å². The maximum Gasteiger partial charge on any atom is 0.232 e. The molecular weight excluding hydrogens is 1140 g/mol. The zero-order valence-electron chi connectivity index (χ0n) is 40.8. The molecule has 0 unspecified atom stereocenters. The Balaban J connectivity index is 0.000000311. The van der Waals surface area contributed by atoms with Crippen LogP contribution in [0.1, 0.15) is 118 Å². The van der Waals surface area contributed by atoms with Crippen LogP contribution in [0.4, 0.5) is 34.6 Å². The summed E-state index contributed by atoms with van der Waals surface area (Å²) in [6.45, 7) is 5.09. The van der Waals surface area contributed by atoms with E-state index in [4.69, 9.17) is 11.6 Å². The Labute approximate surface area is 472 Å². The fourth-order valence-corrected chi connectivity index (χ4v) is 11.3. The average molecular weight is 1200 g/mol. The summed E-state index contributed by atoms with van der Waals surface area (Å²) in [6, 6.07) is 17.9. The molecule has 0 bridgehead atoms. The van der Waals surface area contributed by atoms with Crippen molar-refractivity contribution in [2.75, 3.05) is 31.4 Å². The molecule has 0 aliphatic rings. The van der Waals surface area contributed by atoms with Crippen molar-refractivity contribution < 1.29 is 57.2 Å². The highest BCUT2D eigenvalue weighted by Crippen LogP contribution is 2.29. The molecular formula is C55H62ClF4N9O9S3. The monoisotopic (exact) mass is 1200 g/mol. The predicted octanol–water partition coefficient (Wildman–Crippen LogP) is 12.6. The number of aromatic amines is 3. The third-order valence-electron chi connectivity index (χ3n) is 11.1. The lowest BCUT2D eigenvalue weighted by molar-refractivity contribution is 0.102. The van der Waals surface area contributed by atoms with Gasteiger partial charge in [-0.15, -0.1) is 0 Å². The van der Waals surface area contributed by atoms with Crippen LogP contribution >= 0.6 is 11.6 Å². The van der Waals surface area contributed by atoms with Gasteiger partial charge in [-0.05, 0) is 79.9 Å². The van der Waals surface area contributed by atoms with Gasteiger partial charge in [0.1, 0.15) is 22.8 Å². The number of ketones is 3. The third-order valence-corrected chi connectivity index (χ3v) is 15.8. The molecule has 0 aliphatic heterocycles. The Hall–Kier alpha value is -8.00. The number of anilines is 3. The first-order valence-corrected chi connectivity index (χ1v) is 28.6. The molecule has 0 saturated carbocycles. The first-order chi connectivity index (χ1) is 36.6. The van der Waals surface area contributed by atoms with Gasteiger partial charge in [-0.25, -0.2) is 57.8 Å². The Morgan fingerprint density at radius 1 is 0.469 bits per heavy atom. The number of hydrogen-bond acceptors (Lipinski definition) is 12. The Kier molecular flexibility index (Phi) is 23.6. The van der Waals surface area contributed by atoms with Crippen molar-refractivity contribution in [3.63, 3.8) is 0 Å². The summed E-state index contributed by atoms with van der Waals surface area (Å²) in [5.41, 5.74) is 0.165. The lowest BCUT2D eigenvalue weighted by atomic mass is 10.0. The number of rotatable bonds is 18. The quantitative estimate of drug-likeness (QED) is 0.0346. The van der Waals surface area contributed by atoms with E-state index in [9.17, 15) is 57.2 Å². The minimum absolute atomic E-state index is 0. The number of carbonyl (C=O) groups excluding carboxylic acids is 3. The van der Waals surface area contributed by atoms with Crippen molar-refractivity contribution in [3.8, 4) is 0 Å². The zero-order chi connectivity index (χ0) is 55.8. The van der Waals surface area contributed by atoms with E-state index in [1.54, 1.807) is 45.2 Å². The van der Waals surface area contributed by atoms with Crippen molar-refractivity contribution in [3.05, 3.63) is 178 Å². The molecule has 0 aliphatic carbocycles. The van der Waals surface area contributed by atoms with Crippen LogP contribution in [0.2, 0.25) is 5.02 Å². The first kappa shape index (κ1) is 67.3. The maximum absolute atomic E-state index is 14.8. The third kappa shape index (κ3) is 15.9. The molecule has 0 saturated heterocycles. The van der Waals surface area contributed by atoms with E-state index in [0.717, 1.165) is 12.3 Å². The predicted molar refractivity (Wildman–Crippen MR) is 313 cm³/mol. The fourth-order valence-electron chi connectivity index (χ4n) is 7.73. The summed E-state index contributed by atoms with van der Waals surface area (Å²) in [7, 11) is -11.0. The zero-order valence-corrected chi connectivity index (χ0v) is 44.0. The van der Waals surface area contributed by atoms with Gasteiger partial charge in [-0.1, -0.05) is 80.3 Å². The van der Waals surface area contributed by atoms with Crippen LogP contribution in [0.3, 0.4) is 0 Å². The molecule has 6 N–H and O–H groups in total. The summed E-state index contributed by atoms with van der Waals surface area (Å²) in [5, 5.41) is 1.58. The standard InChI is InChI=1S/C17H15ClFN3O3S.C17H15F2N3O3S.C17H16FN3O3S.4CH4/c2*1-2-6-26(24,25)22-14-5-3-4-11(15(14)19)16(23)13-9-21-17-12(13)7-10(18)8-20-17;1-2-9-25(23,24)21-14-7-3-5-12(15(14)18)16(22)13-10-20-17-11(13)6-4-8-19-17;;;;/h2*3-5,7-9,22H,2,6H2,1H3,(H,20,21);3-8,10,21H,2,9H2,1H3,(H,19,20);4*1H4. The van der Waals surface area contributed by atoms with E-state index in [1.807, 2.05) is 0 Å². The Morgan fingerprint density at radius 2 is 0.815 bits per heavy atom. The number of aromatic nitrogens is 6. The van der Waals surface area contributed by atoms with Gasteiger partial charge in [-0.2, -0.15) is 0 Å². The molecule has 3 aromatic carbocycles. The molecule has 26 heteroatoms. The van der Waals surface area contributed by atoms with Crippen molar-refractivity contribution in [1.82, 2.24) is 29.9 Å². The minimum Gasteiger partial charge on any atom is -0.345 e. The smallest absolute Gasteiger partial charge is 0.232 e. The summed E-state index contributed by atoms with van der Waals surface area (Å²) < 4.78 is 135. The molecule has 81 heavy (non-hydrogen) atoms. The largest absolute Gasteiger partial charge is 0.345 e. The SMILES string of the molecule is C.C.C.C.CCCS(=O)(=O)Nc1cccc(C(=O)c2c[nH]c3ncc(Cl)cc23)c1F.CCCS(=O)(=O)Nc1cccc(C(=O)c2c[nH]c3ncc(F)cc23)c1F.CCCS(=O)(=O)Nc1cccc(C(=O)c2c[nH]c3ncccc23)c1F. The average Bonchev–Trinajstić information content (AvgIpc) is 4.15. The molecule has 6 aromatic heterocycles. The van der Waals surface area contributed by atoms with E-state index in [0.29, 0.717) is 46.4 Å². The van der Waals surface area contributed by atoms with E-state index < -0.39 is 70.7 Å². The second kappa shape index (κ2) is 28.4. The molecule has 6 heterocycles. The summed E-state index contributed by atoms with van der Waals surface area (Å²) >= 11 is 5.92. The van der Waals surface area contributed by atoms with Gasteiger partial charge in [0.25, 0.3) is 0 Å². The number of halogens is 5. The highest BCUT2D eigenvalue weighted by atomic mass is 35.5. The molecule has 0 spiro atoms. The van der Waals surface area contributed by atoms with Gasteiger partial charge >= 0.3 is 0 Å². The second-order valence-electron chi connectivity index (χ2n) is 16.9. The topological polar surface area (TPSA) is 276 Å². The molecule has 9 aromatic rings. The summed E-state index contributed by atoms with van der Waals surface area (Å²) in [6.07, 6.45) is 9.36. The molecule has 0 fully saturated rings. The van der Waals surface area contributed by atoms with Gasteiger partial charge in [0, 0.05) is 63.8 Å². The van der Waals surface area contributed by atoms with Crippen LogP contribution in [-0.2, 0) is 30.1 Å². The number of H-pyrrole nitrogens is 3. The van der Waals surface area contributed by atoms with Crippen LogP contribution in [-0.4, -0.2) is 89.8 Å². The number of nitrogens with zero attached hydrogens (tertiary/aromatic N) is 3. The van der Waals surface area contributed by atoms with Gasteiger partial charge in [0.05, 0.1) is 62.2 Å². The molecule has 9 rings (SSSR count). The number of hydrogen-bond donors (Lipinski definition) is 6.